The van der Waals surface area contributed by atoms with Crippen LogP contribution in [-0.4, -0.2) is 17.9 Å². The molecule has 2 rings (SSSR count). The largest absolute Gasteiger partial charge is 0.505 e. The smallest absolute Gasteiger partial charge is 0.450 e. The van der Waals surface area contributed by atoms with E-state index in [4.69, 9.17) is 5.11 Å². The van der Waals surface area contributed by atoms with E-state index in [0.29, 0.717) is 12.5 Å². The zero-order valence-corrected chi connectivity index (χ0v) is 15.2. The molecule has 0 heterocycles. The summed E-state index contributed by atoms with van der Waals surface area (Å²) in [6, 6.07) is 17.3. The van der Waals surface area contributed by atoms with Gasteiger partial charge in [-0.05, 0) is 48.9 Å². The second-order valence-corrected chi connectivity index (χ2v) is 6.57. The SMILES string of the molecule is Cc1cccc(C(CCCCCCOC(=O)O)c2ccccc2)c1C. The number of ether oxygens (including phenoxy) is 1. The third-order valence-electron chi connectivity index (χ3n) is 4.84. The van der Waals surface area contributed by atoms with Crippen LogP contribution in [0.2, 0.25) is 0 Å². The third-order valence-corrected chi connectivity index (χ3v) is 4.84. The van der Waals surface area contributed by atoms with Gasteiger partial charge in [0.1, 0.15) is 0 Å². The minimum Gasteiger partial charge on any atom is -0.450 e. The highest BCUT2D eigenvalue weighted by Gasteiger charge is 2.16. The van der Waals surface area contributed by atoms with Crippen molar-refractivity contribution in [1.82, 2.24) is 0 Å². The summed E-state index contributed by atoms with van der Waals surface area (Å²) < 4.78 is 4.55. The average molecular weight is 340 g/mol. The molecule has 0 aliphatic rings. The predicted octanol–water partition coefficient (Wildman–Crippen LogP) is 6.08. The standard InChI is InChI=1S/C22H28O3/c1-17-11-10-15-20(18(17)2)21(19-12-6-5-7-13-19)14-8-3-4-9-16-25-22(23)24/h5-7,10-13,15,21H,3-4,8-9,14,16H2,1-2H3,(H,23,24). The van der Waals surface area contributed by atoms with Crippen LogP contribution in [0.15, 0.2) is 48.5 Å². The van der Waals surface area contributed by atoms with Crippen molar-refractivity contribution in [2.24, 2.45) is 0 Å². The zero-order chi connectivity index (χ0) is 18.1. The molecular formula is C22H28O3. The molecule has 1 atom stereocenters. The van der Waals surface area contributed by atoms with Crippen molar-refractivity contribution >= 4 is 6.16 Å². The van der Waals surface area contributed by atoms with Crippen LogP contribution in [0, 0.1) is 13.8 Å². The first-order valence-corrected chi connectivity index (χ1v) is 9.06. The summed E-state index contributed by atoms with van der Waals surface area (Å²) in [4.78, 5) is 10.3. The Bertz CT molecular complexity index is 664. The summed E-state index contributed by atoms with van der Waals surface area (Å²) in [5.74, 6) is 0.413. The van der Waals surface area contributed by atoms with Gasteiger partial charge in [0, 0.05) is 5.92 Å². The van der Waals surface area contributed by atoms with Gasteiger partial charge in [-0.1, -0.05) is 67.8 Å². The maximum atomic E-state index is 10.3. The van der Waals surface area contributed by atoms with Crippen molar-refractivity contribution in [3.63, 3.8) is 0 Å². The van der Waals surface area contributed by atoms with Crippen LogP contribution >= 0.6 is 0 Å². The normalized spacial score (nSPS) is 11.9. The van der Waals surface area contributed by atoms with Gasteiger partial charge in [0.05, 0.1) is 6.61 Å². The van der Waals surface area contributed by atoms with Crippen LogP contribution < -0.4 is 0 Å². The second kappa shape index (κ2) is 9.87. The van der Waals surface area contributed by atoms with Crippen LogP contribution in [0.4, 0.5) is 4.79 Å². The van der Waals surface area contributed by atoms with E-state index in [1.54, 1.807) is 0 Å². The summed E-state index contributed by atoms with van der Waals surface area (Å²) in [5, 5.41) is 8.47. The Kier molecular flexibility index (Phi) is 7.52. The monoisotopic (exact) mass is 340 g/mol. The lowest BCUT2D eigenvalue weighted by molar-refractivity contribution is 0.0899. The van der Waals surface area contributed by atoms with Crippen molar-refractivity contribution < 1.29 is 14.6 Å². The Labute approximate surface area is 150 Å². The van der Waals surface area contributed by atoms with Crippen LogP contribution in [-0.2, 0) is 4.74 Å². The van der Waals surface area contributed by atoms with E-state index < -0.39 is 6.16 Å². The van der Waals surface area contributed by atoms with Gasteiger partial charge in [-0.25, -0.2) is 4.79 Å². The molecular weight excluding hydrogens is 312 g/mol. The summed E-state index contributed by atoms with van der Waals surface area (Å²) in [6.07, 6.45) is 3.94. The number of rotatable bonds is 9. The molecule has 0 amide bonds. The maximum absolute atomic E-state index is 10.3. The fourth-order valence-corrected chi connectivity index (χ4v) is 3.30. The summed E-state index contributed by atoms with van der Waals surface area (Å²) in [7, 11) is 0. The Balaban J connectivity index is 1.97. The zero-order valence-electron chi connectivity index (χ0n) is 15.2. The molecule has 25 heavy (non-hydrogen) atoms. The summed E-state index contributed by atoms with van der Waals surface area (Å²) in [6.45, 7) is 4.68. The minimum absolute atomic E-state index is 0.300. The van der Waals surface area contributed by atoms with Crippen molar-refractivity contribution in [2.45, 2.75) is 51.9 Å². The molecule has 0 aromatic heterocycles. The fourth-order valence-electron chi connectivity index (χ4n) is 3.30. The van der Waals surface area contributed by atoms with E-state index in [1.165, 1.54) is 22.3 Å². The molecule has 1 unspecified atom stereocenters. The van der Waals surface area contributed by atoms with Crippen molar-refractivity contribution in [2.75, 3.05) is 6.61 Å². The van der Waals surface area contributed by atoms with Crippen LogP contribution in [0.3, 0.4) is 0 Å². The Hall–Kier alpha value is -2.29. The van der Waals surface area contributed by atoms with E-state index >= 15 is 0 Å². The summed E-state index contributed by atoms with van der Waals surface area (Å²) in [5.41, 5.74) is 5.50. The van der Waals surface area contributed by atoms with Gasteiger partial charge in [-0.2, -0.15) is 0 Å². The fraction of sp³-hybridized carbons (Fsp3) is 0.409. The molecule has 1 N–H and O–H groups in total. The van der Waals surface area contributed by atoms with E-state index in [-0.39, 0.29) is 0 Å². The van der Waals surface area contributed by atoms with Crippen molar-refractivity contribution in [1.29, 1.82) is 0 Å². The molecule has 3 nitrogen and oxygen atoms in total. The second-order valence-electron chi connectivity index (χ2n) is 6.57. The van der Waals surface area contributed by atoms with Gasteiger partial charge in [0.25, 0.3) is 0 Å². The van der Waals surface area contributed by atoms with Gasteiger partial charge in [-0.3, -0.25) is 0 Å². The molecule has 134 valence electrons. The highest BCUT2D eigenvalue weighted by molar-refractivity contribution is 5.56. The van der Waals surface area contributed by atoms with Gasteiger partial charge in [-0.15, -0.1) is 0 Å². The Morgan fingerprint density at radius 2 is 1.68 bits per heavy atom. The van der Waals surface area contributed by atoms with Crippen LogP contribution in [0.5, 0.6) is 0 Å². The minimum atomic E-state index is -1.18. The molecule has 0 saturated carbocycles. The molecule has 0 saturated heterocycles. The molecule has 0 fully saturated rings. The maximum Gasteiger partial charge on any atom is 0.505 e. The molecule has 0 aliphatic carbocycles. The third kappa shape index (κ3) is 5.93. The van der Waals surface area contributed by atoms with E-state index in [9.17, 15) is 4.79 Å². The number of carboxylic acid groups (broad SMARTS) is 1. The van der Waals surface area contributed by atoms with Crippen molar-refractivity contribution in [3.05, 3.63) is 70.8 Å². The van der Waals surface area contributed by atoms with E-state index in [2.05, 4.69) is 67.1 Å². The first-order chi connectivity index (χ1) is 12.1. The van der Waals surface area contributed by atoms with Gasteiger partial charge >= 0.3 is 6.16 Å². The lowest BCUT2D eigenvalue weighted by atomic mass is 9.83. The number of hydrogen-bond acceptors (Lipinski definition) is 2. The predicted molar refractivity (Wildman–Crippen MR) is 101 cm³/mol. The molecule has 3 heteroatoms. The first kappa shape index (κ1) is 19.0. The van der Waals surface area contributed by atoms with E-state index in [0.717, 1.165) is 32.1 Å². The van der Waals surface area contributed by atoms with Crippen LogP contribution in [0.1, 0.15) is 60.3 Å². The molecule has 2 aromatic rings. The van der Waals surface area contributed by atoms with Gasteiger partial charge in [0.2, 0.25) is 0 Å². The van der Waals surface area contributed by atoms with Gasteiger partial charge in [0.15, 0.2) is 0 Å². The molecule has 0 radical (unpaired) electrons. The number of hydrogen-bond donors (Lipinski definition) is 1. The molecule has 0 spiro atoms. The molecule has 2 aromatic carbocycles. The number of aryl methyl sites for hydroxylation is 1. The summed E-state index contributed by atoms with van der Waals surface area (Å²) >= 11 is 0. The lowest BCUT2D eigenvalue weighted by Gasteiger charge is -2.21. The number of benzene rings is 2. The Morgan fingerprint density at radius 3 is 2.40 bits per heavy atom. The van der Waals surface area contributed by atoms with Crippen molar-refractivity contribution in [3.8, 4) is 0 Å². The molecule has 0 aliphatic heterocycles. The quantitative estimate of drug-likeness (QED) is 0.444. The van der Waals surface area contributed by atoms with Gasteiger partial charge < -0.3 is 9.84 Å². The Morgan fingerprint density at radius 1 is 0.960 bits per heavy atom. The average Bonchev–Trinajstić information content (AvgIpc) is 2.61. The van der Waals surface area contributed by atoms with E-state index in [1.807, 2.05) is 0 Å². The molecule has 0 bridgehead atoms. The number of carbonyl (C=O) groups is 1. The highest BCUT2D eigenvalue weighted by atomic mass is 16.7. The lowest BCUT2D eigenvalue weighted by Crippen LogP contribution is -2.05. The van der Waals surface area contributed by atoms with Crippen LogP contribution in [0.25, 0.3) is 0 Å². The first-order valence-electron chi connectivity index (χ1n) is 9.06. The highest BCUT2D eigenvalue weighted by Crippen LogP contribution is 2.33. The number of unbranched alkanes of at least 4 members (excludes halogenated alkanes) is 3. The topological polar surface area (TPSA) is 46.5 Å².